The van der Waals surface area contributed by atoms with Gasteiger partial charge in [-0.2, -0.15) is 0 Å². The molecule has 12 heteroatoms. The number of oxime groups is 2. The SMILES string of the molecule is CO/N=C(/C(=O)OC)C1=C(C(=O)c2ccc(F)cc2)CC(C)=C(C)C1.CO/N=C(\C#CC(=O)c1ccc(F)cc1)C(=O)OC. The van der Waals surface area contributed by atoms with Crippen molar-refractivity contribution >= 4 is 34.9 Å². The number of hydrogen-bond acceptors (Lipinski definition) is 10. The molecule has 0 saturated heterocycles. The fourth-order valence-corrected chi connectivity index (χ4v) is 3.76. The van der Waals surface area contributed by atoms with Crippen LogP contribution < -0.4 is 0 Å². The van der Waals surface area contributed by atoms with Crippen molar-refractivity contribution in [2.75, 3.05) is 28.4 Å². The molecule has 0 radical (unpaired) electrons. The third-order valence-electron chi connectivity index (χ3n) is 6.17. The van der Waals surface area contributed by atoms with Crippen molar-refractivity contribution in [1.82, 2.24) is 0 Å². The molecule has 0 fully saturated rings. The molecule has 230 valence electrons. The summed E-state index contributed by atoms with van der Waals surface area (Å²) in [6.07, 6.45) is 0.780. The van der Waals surface area contributed by atoms with Crippen molar-refractivity contribution in [2.24, 2.45) is 10.3 Å². The normalized spacial score (nSPS) is 13.1. The number of Topliss-reactive ketones (excluding diaryl/α,β-unsaturated/α-hetero) is 2. The molecule has 10 nitrogen and oxygen atoms in total. The highest BCUT2D eigenvalue weighted by Crippen LogP contribution is 2.33. The van der Waals surface area contributed by atoms with Crippen molar-refractivity contribution < 1.29 is 47.1 Å². The van der Waals surface area contributed by atoms with E-state index < -0.39 is 29.4 Å². The fraction of sp³-hybridized carbons (Fsp3) is 0.250. The Kier molecular flexibility index (Phi) is 13.3. The number of allylic oxidation sites excluding steroid dienone is 3. The van der Waals surface area contributed by atoms with Crippen molar-refractivity contribution in [3.05, 3.63) is 93.6 Å². The minimum absolute atomic E-state index is 0.0256. The first-order valence-electron chi connectivity index (χ1n) is 12.9. The van der Waals surface area contributed by atoms with Gasteiger partial charge in [-0.3, -0.25) is 9.59 Å². The number of ether oxygens (including phenoxy) is 2. The van der Waals surface area contributed by atoms with Gasteiger partial charge >= 0.3 is 11.9 Å². The molecule has 0 bridgehead atoms. The summed E-state index contributed by atoms with van der Waals surface area (Å²) in [6.45, 7) is 3.88. The van der Waals surface area contributed by atoms with Gasteiger partial charge in [0.25, 0.3) is 0 Å². The first kappa shape index (κ1) is 34.8. The summed E-state index contributed by atoms with van der Waals surface area (Å²) in [6, 6.07) is 10.2. The van der Waals surface area contributed by atoms with Crippen LogP contribution in [0.4, 0.5) is 8.78 Å². The zero-order chi connectivity index (χ0) is 32.8. The predicted octanol–water partition coefficient (Wildman–Crippen LogP) is 4.80. The van der Waals surface area contributed by atoms with E-state index in [-0.39, 0.29) is 22.8 Å². The molecule has 0 aliphatic heterocycles. The van der Waals surface area contributed by atoms with Crippen LogP contribution in [-0.2, 0) is 28.7 Å². The Bertz CT molecular complexity index is 1590. The summed E-state index contributed by atoms with van der Waals surface area (Å²) in [4.78, 5) is 57.0. The average Bonchev–Trinajstić information content (AvgIpc) is 3.02. The Morgan fingerprint density at radius 3 is 1.61 bits per heavy atom. The Morgan fingerprint density at radius 2 is 1.14 bits per heavy atom. The number of benzene rings is 2. The highest BCUT2D eigenvalue weighted by Gasteiger charge is 2.29. The standard InChI is InChI=1S/C19H20FNO4.C13H10FNO4/c1-11-9-15(17(21-25-4)19(23)24-3)16(10-12(11)2)18(22)13-5-7-14(20)8-6-13;1-18-13(17)11(15-19-2)7-8-12(16)9-3-5-10(14)6-4-9/h5-8H,9-10H2,1-4H3;3-6H,1-2H3/b21-17+;15-11+. The molecule has 0 heterocycles. The summed E-state index contributed by atoms with van der Waals surface area (Å²) < 4.78 is 35.0. The third kappa shape index (κ3) is 9.55. The van der Waals surface area contributed by atoms with Crippen LogP contribution >= 0.6 is 0 Å². The van der Waals surface area contributed by atoms with Crippen LogP contribution in [-0.4, -0.2) is 63.4 Å². The van der Waals surface area contributed by atoms with Crippen molar-refractivity contribution in [3.8, 4) is 11.8 Å². The maximum Gasteiger partial charge on any atom is 0.368 e. The first-order chi connectivity index (χ1) is 21.0. The van der Waals surface area contributed by atoms with E-state index in [1.165, 1.54) is 57.7 Å². The van der Waals surface area contributed by atoms with Gasteiger partial charge in [-0.15, -0.1) is 0 Å². The van der Waals surface area contributed by atoms with E-state index in [2.05, 4.69) is 31.7 Å². The maximum atomic E-state index is 13.1. The van der Waals surface area contributed by atoms with E-state index in [0.717, 1.165) is 30.4 Å². The Hall–Kier alpha value is -5.44. The number of halogens is 2. The second-order valence-corrected chi connectivity index (χ2v) is 9.02. The van der Waals surface area contributed by atoms with Crippen molar-refractivity contribution in [2.45, 2.75) is 26.7 Å². The first-order valence-corrected chi connectivity index (χ1v) is 12.9. The highest BCUT2D eigenvalue weighted by molar-refractivity contribution is 6.45. The smallest absolute Gasteiger partial charge is 0.368 e. The van der Waals surface area contributed by atoms with Gasteiger partial charge in [-0.1, -0.05) is 21.5 Å². The van der Waals surface area contributed by atoms with Crippen molar-refractivity contribution in [1.29, 1.82) is 0 Å². The molecule has 1 aliphatic carbocycles. The lowest BCUT2D eigenvalue weighted by molar-refractivity contribution is -0.133. The minimum atomic E-state index is -0.818. The zero-order valence-corrected chi connectivity index (χ0v) is 24.9. The number of hydrogen-bond donors (Lipinski definition) is 0. The highest BCUT2D eigenvalue weighted by atomic mass is 19.1. The second kappa shape index (κ2) is 16.9. The van der Waals surface area contributed by atoms with Crippen LogP contribution in [0.25, 0.3) is 0 Å². The van der Waals surface area contributed by atoms with Crippen LogP contribution in [0.2, 0.25) is 0 Å². The van der Waals surface area contributed by atoms with Gasteiger partial charge in [0.1, 0.15) is 25.9 Å². The lowest BCUT2D eigenvalue weighted by atomic mass is 9.82. The second-order valence-electron chi connectivity index (χ2n) is 9.02. The summed E-state index contributed by atoms with van der Waals surface area (Å²) in [5.41, 5.74) is 3.22. The zero-order valence-electron chi connectivity index (χ0n) is 24.9. The van der Waals surface area contributed by atoms with Crippen LogP contribution in [0.5, 0.6) is 0 Å². The molecule has 2 aromatic carbocycles. The maximum absolute atomic E-state index is 13.1. The molecule has 0 saturated carbocycles. The van der Waals surface area contributed by atoms with Crippen LogP contribution in [0.3, 0.4) is 0 Å². The number of carbonyl (C=O) groups is 4. The lowest BCUT2D eigenvalue weighted by Gasteiger charge is -2.22. The minimum Gasteiger partial charge on any atom is -0.464 e. The number of esters is 2. The number of ketones is 2. The number of carbonyl (C=O) groups excluding carboxylic acids is 4. The topological polar surface area (TPSA) is 130 Å². The Morgan fingerprint density at radius 1 is 0.659 bits per heavy atom. The van der Waals surface area contributed by atoms with E-state index in [1.54, 1.807) is 0 Å². The molecule has 3 rings (SSSR count). The van der Waals surface area contributed by atoms with E-state index in [4.69, 9.17) is 9.57 Å². The molecular formula is C32H30F2N2O8. The summed E-state index contributed by atoms with van der Waals surface area (Å²) >= 11 is 0. The van der Waals surface area contributed by atoms with Gasteiger partial charge in [-0.05, 0) is 87.1 Å². The van der Waals surface area contributed by atoms with Crippen molar-refractivity contribution in [3.63, 3.8) is 0 Å². The monoisotopic (exact) mass is 608 g/mol. The number of nitrogens with zero attached hydrogens (tertiary/aromatic N) is 2. The van der Waals surface area contributed by atoms with Gasteiger partial charge in [0.05, 0.1) is 14.2 Å². The molecule has 0 unspecified atom stereocenters. The van der Waals surface area contributed by atoms with E-state index in [1.807, 2.05) is 13.8 Å². The molecular weight excluding hydrogens is 578 g/mol. The van der Waals surface area contributed by atoms with Crippen LogP contribution in [0.1, 0.15) is 47.4 Å². The van der Waals surface area contributed by atoms with Gasteiger partial charge in [-0.25, -0.2) is 18.4 Å². The molecule has 44 heavy (non-hydrogen) atoms. The predicted molar refractivity (Wildman–Crippen MR) is 157 cm³/mol. The lowest BCUT2D eigenvalue weighted by Crippen LogP contribution is -2.24. The molecule has 0 atom stereocenters. The molecule has 2 aromatic rings. The van der Waals surface area contributed by atoms with Gasteiger partial charge in [0.2, 0.25) is 11.5 Å². The number of rotatable bonds is 8. The van der Waals surface area contributed by atoms with Gasteiger partial charge < -0.3 is 19.1 Å². The van der Waals surface area contributed by atoms with E-state index >= 15 is 0 Å². The van der Waals surface area contributed by atoms with Gasteiger partial charge in [0.15, 0.2) is 11.5 Å². The van der Waals surface area contributed by atoms with Crippen LogP contribution in [0, 0.1) is 23.5 Å². The largest absolute Gasteiger partial charge is 0.464 e. The molecule has 1 aliphatic rings. The van der Waals surface area contributed by atoms with Gasteiger partial charge in [0, 0.05) is 22.3 Å². The summed E-state index contributed by atoms with van der Waals surface area (Å²) in [5, 5.41) is 7.10. The molecule has 0 amide bonds. The van der Waals surface area contributed by atoms with Crippen LogP contribution in [0.15, 0.2) is 81.1 Å². The fourth-order valence-electron chi connectivity index (χ4n) is 3.76. The average molecular weight is 609 g/mol. The molecule has 0 aromatic heterocycles. The Labute approximate surface area is 253 Å². The third-order valence-corrected chi connectivity index (χ3v) is 6.17. The van der Waals surface area contributed by atoms with E-state index in [9.17, 15) is 28.0 Å². The summed E-state index contributed by atoms with van der Waals surface area (Å²) in [7, 11) is 4.94. The quantitative estimate of drug-likeness (QED) is 0.0795. The molecule has 0 spiro atoms. The number of methoxy groups -OCH3 is 2. The summed E-state index contributed by atoms with van der Waals surface area (Å²) in [5.74, 6) is 1.22. The van der Waals surface area contributed by atoms with E-state index in [0.29, 0.717) is 29.6 Å². The Balaban J connectivity index is 0.000000319. The molecule has 0 N–H and O–H groups in total.